The Kier molecular flexibility index (Phi) is 5.19. The molecule has 19 heavy (non-hydrogen) atoms. The summed E-state index contributed by atoms with van der Waals surface area (Å²) in [4.78, 5) is 2.43. The minimum atomic E-state index is 0.359. The van der Waals surface area contributed by atoms with Gasteiger partial charge in [-0.2, -0.15) is 0 Å². The van der Waals surface area contributed by atoms with E-state index in [2.05, 4.69) is 11.0 Å². The van der Waals surface area contributed by atoms with Gasteiger partial charge in [-0.1, -0.05) is 6.07 Å². The molecule has 0 bridgehead atoms. The molecule has 0 aliphatic carbocycles. The second-order valence-corrected chi connectivity index (χ2v) is 5.09. The van der Waals surface area contributed by atoms with E-state index in [0.717, 1.165) is 37.4 Å². The first-order chi connectivity index (χ1) is 9.26. The summed E-state index contributed by atoms with van der Waals surface area (Å²) in [5, 5.41) is 0. The van der Waals surface area contributed by atoms with E-state index in [1.54, 1.807) is 14.2 Å². The minimum absolute atomic E-state index is 0.359. The monoisotopic (exact) mass is 264 g/mol. The van der Waals surface area contributed by atoms with Crippen molar-refractivity contribution in [2.24, 2.45) is 5.73 Å². The summed E-state index contributed by atoms with van der Waals surface area (Å²) in [6.45, 7) is 3.58. The van der Waals surface area contributed by atoms with Gasteiger partial charge < -0.3 is 15.2 Å². The molecule has 1 aromatic rings. The van der Waals surface area contributed by atoms with Gasteiger partial charge in [0.1, 0.15) is 5.75 Å². The first-order valence-corrected chi connectivity index (χ1v) is 6.87. The molecule has 1 saturated heterocycles. The maximum atomic E-state index is 5.71. The van der Waals surface area contributed by atoms with Crippen molar-refractivity contribution in [1.29, 1.82) is 0 Å². The third kappa shape index (κ3) is 3.69. The van der Waals surface area contributed by atoms with E-state index >= 15 is 0 Å². The number of benzene rings is 1. The van der Waals surface area contributed by atoms with Crippen LogP contribution in [-0.2, 0) is 17.8 Å². The summed E-state index contributed by atoms with van der Waals surface area (Å²) >= 11 is 0. The zero-order chi connectivity index (χ0) is 13.7. The number of nitrogens with zero attached hydrogens (tertiary/aromatic N) is 1. The average Bonchev–Trinajstić information content (AvgIpc) is 2.47. The first-order valence-electron chi connectivity index (χ1n) is 6.87. The van der Waals surface area contributed by atoms with Crippen LogP contribution in [0.4, 0.5) is 0 Å². The number of likely N-dealkylation sites (tertiary alicyclic amines) is 1. The molecule has 2 N–H and O–H groups in total. The molecule has 1 unspecified atom stereocenters. The molecule has 1 aromatic carbocycles. The molecular formula is C15H24N2O2. The first kappa shape index (κ1) is 14.3. The lowest BCUT2D eigenvalue weighted by molar-refractivity contribution is 0.0283. The van der Waals surface area contributed by atoms with Crippen LogP contribution >= 0.6 is 0 Å². The quantitative estimate of drug-likeness (QED) is 0.880. The number of ether oxygens (including phenoxy) is 2. The van der Waals surface area contributed by atoms with Crippen LogP contribution in [0.2, 0.25) is 0 Å². The van der Waals surface area contributed by atoms with Crippen LogP contribution in [0.25, 0.3) is 0 Å². The molecule has 1 atom stereocenters. The van der Waals surface area contributed by atoms with Crippen molar-refractivity contribution in [3.8, 4) is 5.75 Å². The predicted octanol–water partition coefficient (Wildman–Crippen LogP) is 1.76. The Hall–Kier alpha value is -1.10. The number of hydrogen-bond donors (Lipinski definition) is 1. The van der Waals surface area contributed by atoms with Gasteiger partial charge in [0.05, 0.1) is 13.2 Å². The average molecular weight is 264 g/mol. The fraction of sp³-hybridized carbons (Fsp3) is 0.600. The summed E-state index contributed by atoms with van der Waals surface area (Å²) in [5.41, 5.74) is 8.07. The Morgan fingerprint density at radius 1 is 1.37 bits per heavy atom. The molecule has 0 spiro atoms. The van der Waals surface area contributed by atoms with E-state index in [-0.39, 0.29) is 0 Å². The van der Waals surface area contributed by atoms with Gasteiger partial charge in [0.25, 0.3) is 0 Å². The number of nitrogens with two attached hydrogens (primary N) is 1. The SMILES string of the molecule is COc1ccc(CN)cc1CN1CCCC(OC)C1. The van der Waals surface area contributed by atoms with Gasteiger partial charge in [0.2, 0.25) is 0 Å². The van der Waals surface area contributed by atoms with E-state index in [1.807, 2.05) is 12.1 Å². The van der Waals surface area contributed by atoms with Crippen LogP contribution in [0.1, 0.15) is 24.0 Å². The second-order valence-electron chi connectivity index (χ2n) is 5.09. The van der Waals surface area contributed by atoms with E-state index in [4.69, 9.17) is 15.2 Å². The van der Waals surface area contributed by atoms with Crippen LogP contribution < -0.4 is 10.5 Å². The van der Waals surface area contributed by atoms with E-state index in [9.17, 15) is 0 Å². The summed E-state index contributed by atoms with van der Waals surface area (Å²) in [7, 11) is 3.51. The molecule has 1 aliphatic rings. The summed E-state index contributed by atoms with van der Waals surface area (Å²) in [6.07, 6.45) is 2.71. The highest BCUT2D eigenvalue weighted by atomic mass is 16.5. The Morgan fingerprint density at radius 2 is 2.21 bits per heavy atom. The molecule has 0 radical (unpaired) electrons. The van der Waals surface area contributed by atoms with Gasteiger partial charge in [-0.25, -0.2) is 0 Å². The van der Waals surface area contributed by atoms with Gasteiger partial charge in [-0.15, -0.1) is 0 Å². The Morgan fingerprint density at radius 3 is 2.89 bits per heavy atom. The molecule has 4 heteroatoms. The Balaban J connectivity index is 2.08. The van der Waals surface area contributed by atoms with Crippen LogP contribution in [-0.4, -0.2) is 38.3 Å². The molecule has 1 aliphatic heterocycles. The highest BCUT2D eigenvalue weighted by Crippen LogP contribution is 2.23. The predicted molar refractivity (Wildman–Crippen MR) is 76.2 cm³/mol. The smallest absolute Gasteiger partial charge is 0.123 e. The van der Waals surface area contributed by atoms with Gasteiger partial charge in [0, 0.05) is 32.3 Å². The summed E-state index contributed by atoms with van der Waals surface area (Å²) in [6, 6.07) is 6.18. The third-order valence-corrected chi connectivity index (χ3v) is 3.77. The highest BCUT2D eigenvalue weighted by Gasteiger charge is 2.20. The summed E-state index contributed by atoms with van der Waals surface area (Å²) in [5.74, 6) is 0.941. The van der Waals surface area contributed by atoms with Gasteiger partial charge in [-0.05, 0) is 37.1 Å². The molecule has 2 rings (SSSR count). The second kappa shape index (κ2) is 6.89. The van der Waals surface area contributed by atoms with Crippen molar-refractivity contribution in [2.75, 3.05) is 27.3 Å². The van der Waals surface area contributed by atoms with Gasteiger partial charge in [-0.3, -0.25) is 4.90 Å². The lowest BCUT2D eigenvalue weighted by Crippen LogP contribution is -2.38. The number of rotatable bonds is 5. The lowest BCUT2D eigenvalue weighted by Gasteiger charge is -2.32. The van der Waals surface area contributed by atoms with E-state index in [0.29, 0.717) is 12.6 Å². The van der Waals surface area contributed by atoms with Gasteiger partial charge in [0.15, 0.2) is 0 Å². The largest absolute Gasteiger partial charge is 0.496 e. The lowest BCUT2D eigenvalue weighted by atomic mass is 10.1. The zero-order valence-electron chi connectivity index (χ0n) is 11.9. The maximum Gasteiger partial charge on any atom is 0.123 e. The van der Waals surface area contributed by atoms with E-state index in [1.165, 1.54) is 12.0 Å². The van der Waals surface area contributed by atoms with Crippen molar-refractivity contribution in [3.63, 3.8) is 0 Å². The van der Waals surface area contributed by atoms with Crippen LogP contribution in [0, 0.1) is 0 Å². The number of piperidine rings is 1. The molecule has 0 saturated carbocycles. The minimum Gasteiger partial charge on any atom is -0.496 e. The van der Waals surface area contributed by atoms with Crippen molar-refractivity contribution in [1.82, 2.24) is 4.90 Å². The van der Waals surface area contributed by atoms with Crippen molar-refractivity contribution >= 4 is 0 Å². The maximum absolute atomic E-state index is 5.71. The van der Waals surface area contributed by atoms with Crippen LogP contribution in [0.5, 0.6) is 5.75 Å². The molecule has 0 aromatic heterocycles. The molecule has 0 amide bonds. The van der Waals surface area contributed by atoms with Crippen molar-refractivity contribution in [2.45, 2.75) is 32.0 Å². The third-order valence-electron chi connectivity index (χ3n) is 3.77. The topological polar surface area (TPSA) is 47.7 Å². The Bertz CT molecular complexity index is 409. The molecule has 106 valence electrons. The molecule has 1 fully saturated rings. The summed E-state index contributed by atoms with van der Waals surface area (Å²) < 4.78 is 10.9. The molecule has 1 heterocycles. The number of methoxy groups -OCH3 is 2. The number of hydrogen-bond acceptors (Lipinski definition) is 4. The zero-order valence-corrected chi connectivity index (χ0v) is 11.9. The fourth-order valence-electron chi connectivity index (χ4n) is 2.67. The van der Waals surface area contributed by atoms with E-state index < -0.39 is 0 Å². The highest BCUT2D eigenvalue weighted by molar-refractivity contribution is 5.37. The van der Waals surface area contributed by atoms with Crippen LogP contribution in [0.3, 0.4) is 0 Å². The fourth-order valence-corrected chi connectivity index (χ4v) is 2.67. The molecular weight excluding hydrogens is 240 g/mol. The van der Waals surface area contributed by atoms with Crippen molar-refractivity contribution in [3.05, 3.63) is 29.3 Å². The molecule has 4 nitrogen and oxygen atoms in total. The standard InChI is InChI=1S/C15H24N2O2/c1-18-14-4-3-7-17(11-14)10-13-8-12(9-16)5-6-15(13)19-2/h5-6,8,14H,3-4,7,9-11,16H2,1-2H3. The normalized spacial score (nSPS) is 20.5. The van der Waals surface area contributed by atoms with Crippen LogP contribution in [0.15, 0.2) is 18.2 Å². The van der Waals surface area contributed by atoms with Crippen molar-refractivity contribution < 1.29 is 9.47 Å². The van der Waals surface area contributed by atoms with Gasteiger partial charge >= 0.3 is 0 Å². The Labute approximate surface area is 115 Å².